The minimum Gasteiger partial charge on any atom is -0.508 e. The van der Waals surface area contributed by atoms with E-state index in [-0.39, 0.29) is 11.7 Å². The number of aryl methyl sites for hydroxylation is 3. The first kappa shape index (κ1) is 13.9. The van der Waals surface area contributed by atoms with Crippen molar-refractivity contribution in [1.82, 2.24) is 0 Å². The van der Waals surface area contributed by atoms with Gasteiger partial charge in [-0.3, -0.25) is 4.79 Å². The molecule has 4 heteroatoms. The maximum Gasteiger partial charge on any atom is 0.255 e. The van der Waals surface area contributed by atoms with E-state index in [2.05, 4.69) is 5.32 Å². The summed E-state index contributed by atoms with van der Waals surface area (Å²) in [5.41, 5.74) is 10.2. The normalized spacial score (nSPS) is 10.3. The molecule has 4 N–H and O–H groups in total. The molecular formula is C16H18N2O2. The zero-order valence-corrected chi connectivity index (χ0v) is 11.8. The van der Waals surface area contributed by atoms with Crippen LogP contribution in [-0.4, -0.2) is 11.0 Å². The second kappa shape index (κ2) is 5.25. The molecule has 0 bridgehead atoms. The SMILES string of the molecule is Cc1cc(C)c(NC(=O)c2ccc(C)c(O)c2)cc1N. The standard InChI is InChI=1S/C16H18N2O2/c1-9-4-5-12(7-15(9)19)16(20)18-14-8-13(17)10(2)6-11(14)3/h4-8,19H,17H2,1-3H3,(H,18,20). The molecule has 0 spiro atoms. The fourth-order valence-corrected chi connectivity index (χ4v) is 1.95. The number of nitrogen functional groups attached to an aromatic ring is 1. The third-order valence-electron chi connectivity index (χ3n) is 3.33. The number of hydrogen-bond donors (Lipinski definition) is 3. The molecule has 0 aliphatic heterocycles. The van der Waals surface area contributed by atoms with E-state index >= 15 is 0 Å². The Morgan fingerprint density at radius 1 is 1.05 bits per heavy atom. The Balaban J connectivity index is 2.27. The van der Waals surface area contributed by atoms with Gasteiger partial charge in [-0.1, -0.05) is 12.1 Å². The number of carbonyl (C=O) groups excluding carboxylic acids is 1. The van der Waals surface area contributed by atoms with Crippen LogP contribution in [0.5, 0.6) is 5.75 Å². The highest BCUT2D eigenvalue weighted by atomic mass is 16.3. The van der Waals surface area contributed by atoms with Crippen LogP contribution in [0.4, 0.5) is 11.4 Å². The van der Waals surface area contributed by atoms with E-state index in [4.69, 9.17) is 5.73 Å². The summed E-state index contributed by atoms with van der Waals surface area (Å²) >= 11 is 0. The van der Waals surface area contributed by atoms with Crippen LogP contribution in [0.2, 0.25) is 0 Å². The summed E-state index contributed by atoms with van der Waals surface area (Å²) in [6, 6.07) is 8.52. The van der Waals surface area contributed by atoms with Gasteiger partial charge in [0.1, 0.15) is 5.75 Å². The highest BCUT2D eigenvalue weighted by Gasteiger charge is 2.10. The molecule has 0 unspecified atom stereocenters. The van der Waals surface area contributed by atoms with E-state index in [0.717, 1.165) is 16.7 Å². The minimum atomic E-state index is -0.272. The van der Waals surface area contributed by atoms with Crippen LogP contribution in [0.25, 0.3) is 0 Å². The molecule has 0 heterocycles. The van der Waals surface area contributed by atoms with Crippen molar-refractivity contribution in [2.24, 2.45) is 0 Å². The van der Waals surface area contributed by atoms with Crippen molar-refractivity contribution < 1.29 is 9.90 Å². The number of amides is 1. The van der Waals surface area contributed by atoms with Gasteiger partial charge in [0.15, 0.2) is 0 Å². The van der Waals surface area contributed by atoms with E-state index in [0.29, 0.717) is 16.9 Å². The van der Waals surface area contributed by atoms with E-state index in [1.54, 1.807) is 25.1 Å². The van der Waals surface area contributed by atoms with Crippen LogP contribution in [-0.2, 0) is 0 Å². The van der Waals surface area contributed by atoms with Gasteiger partial charge >= 0.3 is 0 Å². The van der Waals surface area contributed by atoms with Crippen molar-refractivity contribution in [3.63, 3.8) is 0 Å². The van der Waals surface area contributed by atoms with Gasteiger partial charge < -0.3 is 16.2 Å². The Hall–Kier alpha value is -2.49. The Morgan fingerprint density at radius 2 is 1.75 bits per heavy atom. The maximum atomic E-state index is 12.2. The number of carbonyl (C=O) groups is 1. The second-order valence-electron chi connectivity index (χ2n) is 4.98. The first-order chi connectivity index (χ1) is 9.38. The molecule has 2 rings (SSSR count). The number of hydrogen-bond acceptors (Lipinski definition) is 3. The van der Waals surface area contributed by atoms with Crippen molar-refractivity contribution in [1.29, 1.82) is 0 Å². The lowest BCUT2D eigenvalue weighted by Crippen LogP contribution is -2.13. The summed E-state index contributed by atoms with van der Waals surface area (Å²) in [5.74, 6) is -0.163. The number of nitrogens with two attached hydrogens (primary N) is 1. The van der Waals surface area contributed by atoms with Gasteiger partial charge in [0.05, 0.1) is 0 Å². The van der Waals surface area contributed by atoms with Gasteiger partial charge in [-0.05, 0) is 55.7 Å². The Labute approximate surface area is 118 Å². The average molecular weight is 270 g/mol. The number of anilines is 2. The molecule has 20 heavy (non-hydrogen) atoms. The molecule has 104 valence electrons. The Kier molecular flexibility index (Phi) is 3.66. The van der Waals surface area contributed by atoms with Crippen LogP contribution in [0.3, 0.4) is 0 Å². The molecule has 0 saturated heterocycles. The molecule has 0 aliphatic rings. The largest absolute Gasteiger partial charge is 0.508 e. The van der Waals surface area contributed by atoms with Crippen LogP contribution < -0.4 is 11.1 Å². The number of aromatic hydroxyl groups is 1. The summed E-state index contributed by atoms with van der Waals surface area (Å²) in [5, 5.41) is 12.5. The highest BCUT2D eigenvalue weighted by Crippen LogP contribution is 2.24. The molecule has 0 fully saturated rings. The predicted molar refractivity (Wildman–Crippen MR) is 81.1 cm³/mol. The van der Waals surface area contributed by atoms with Crippen molar-refractivity contribution in [3.05, 3.63) is 52.6 Å². The molecule has 0 aromatic heterocycles. The van der Waals surface area contributed by atoms with Gasteiger partial charge in [-0.2, -0.15) is 0 Å². The van der Waals surface area contributed by atoms with Crippen molar-refractivity contribution >= 4 is 17.3 Å². The average Bonchev–Trinajstić information content (AvgIpc) is 2.39. The van der Waals surface area contributed by atoms with Crippen molar-refractivity contribution in [2.45, 2.75) is 20.8 Å². The van der Waals surface area contributed by atoms with Crippen LogP contribution in [0.15, 0.2) is 30.3 Å². The molecule has 0 saturated carbocycles. The maximum absolute atomic E-state index is 12.2. The molecule has 2 aromatic carbocycles. The quantitative estimate of drug-likeness (QED) is 0.734. The fraction of sp³-hybridized carbons (Fsp3) is 0.188. The van der Waals surface area contributed by atoms with Gasteiger partial charge in [0, 0.05) is 16.9 Å². The lowest BCUT2D eigenvalue weighted by Gasteiger charge is -2.11. The Bertz CT molecular complexity index is 678. The van der Waals surface area contributed by atoms with E-state index in [1.807, 2.05) is 19.9 Å². The minimum absolute atomic E-state index is 0.109. The molecule has 0 atom stereocenters. The number of phenolic OH excluding ortho intramolecular Hbond substituents is 1. The number of rotatable bonds is 2. The monoisotopic (exact) mass is 270 g/mol. The lowest BCUT2D eigenvalue weighted by atomic mass is 10.1. The lowest BCUT2D eigenvalue weighted by molar-refractivity contribution is 0.102. The zero-order valence-electron chi connectivity index (χ0n) is 11.8. The van der Waals surface area contributed by atoms with Gasteiger partial charge in [-0.15, -0.1) is 0 Å². The summed E-state index contributed by atoms with van der Waals surface area (Å²) in [6.07, 6.45) is 0. The van der Waals surface area contributed by atoms with Crippen molar-refractivity contribution in [3.8, 4) is 5.75 Å². The molecule has 4 nitrogen and oxygen atoms in total. The third kappa shape index (κ3) is 2.74. The summed E-state index contributed by atoms with van der Waals surface area (Å²) in [6.45, 7) is 5.61. The van der Waals surface area contributed by atoms with Crippen LogP contribution in [0, 0.1) is 20.8 Å². The summed E-state index contributed by atoms with van der Waals surface area (Å²) in [7, 11) is 0. The van der Waals surface area contributed by atoms with Crippen LogP contribution >= 0.6 is 0 Å². The molecule has 1 amide bonds. The van der Waals surface area contributed by atoms with Crippen LogP contribution in [0.1, 0.15) is 27.0 Å². The van der Waals surface area contributed by atoms with E-state index in [1.165, 1.54) is 6.07 Å². The van der Waals surface area contributed by atoms with Crippen molar-refractivity contribution in [2.75, 3.05) is 11.1 Å². The topological polar surface area (TPSA) is 75.3 Å². The molecule has 0 radical (unpaired) electrons. The summed E-state index contributed by atoms with van der Waals surface area (Å²) < 4.78 is 0. The first-order valence-electron chi connectivity index (χ1n) is 6.36. The van der Waals surface area contributed by atoms with Gasteiger partial charge in [-0.25, -0.2) is 0 Å². The van der Waals surface area contributed by atoms with Gasteiger partial charge in [0.2, 0.25) is 0 Å². The number of nitrogens with one attached hydrogen (secondary N) is 1. The number of benzene rings is 2. The molecular weight excluding hydrogens is 252 g/mol. The number of phenols is 1. The van der Waals surface area contributed by atoms with E-state index in [9.17, 15) is 9.90 Å². The van der Waals surface area contributed by atoms with Gasteiger partial charge in [0.25, 0.3) is 5.91 Å². The predicted octanol–water partition coefficient (Wildman–Crippen LogP) is 3.15. The third-order valence-corrected chi connectivity index (χ3v) is 3.33. The second-order valence-corrected chi connectivity index (χ2v) is 4.98. The highest BCUT2D eigenvalue weighted by molar-refractivity contribution is 6.05. The molecule has 2 aromatic rings. The smallest absolute Gasteiger partial charge is 0.255 e. The zero-order chi connectivity index (χ0) is 14.9. The first-order valence-corrected chi connectivity index (χ1v) is 6.36. The summed E-state index contributed by atoms with van der Waals surface area (Å²) in [4.78, 5) is 12.2. The Morgan fingerprint density at radius 3 is 2.40 bits per heavy atom. The molecule has 0 aliphatic carbocycles. The van der Waals surface area contributed by atoms with E-state index < -0.39 is 0 Å². The fourth-order valence-electron chi connectivity index (χ4n) is 1.95.